The highest BCUT2D eigenvalue weighted by Gasteiger charge is 2.26. The van der Waals surface area contributed by atoms with Crippen LogP contribution in [0.15, 0.2) is 42.5 Å². The van der Waals surface area contributed by atoms with E-state index in [1.807, 2.05) is 50.2 Å². The molecule has 1 amide bonds. The standard InChI is InChI=1S/C22H28ClN3O2/c1-16-7-8-21(28-3)20(13-16)24-22(27)17(2)26-11-9-25(10-12-26)15-18-5-4-6-19(23)14-18/h4-8,13-14,17H,9-12,15H2,1-3H3,(H,24,27). The number of ether oxygens (including phenoxy) is 1. The molecule has 150 valence electrons. The second-order valence-corrected chi connectivity index (χ2v) is 7.75. The van der Waals surface area contributed by atoms with Crippen LogP contribution in [-0.4, -0.2) is 55.0 Å². The molecule has 0 saturated carbocycles. The predicted molar refractivity (Wildman–Crippen MR) is 114 cm³/mol. The van der Waals surface area contributed by atoms with Gasteiger partial charge in [0.15, 0.2) is 0 Å². The van der Waals surface area contributed by atoms with Crippen molar-refractivity contribution >= 4 is 23.2 Å². The summed E-state index contributed by atoms with van der Waals surface area (Å²) in [4.78, 5) is 17.4. The molecule has 1 saturated heterocycles. The maximum atomic E-state index is 12.8. The minimum Gasteiger partial charge on any atom is -0.495 e. The zero-order chi connectivity index (χ0) is 20.1. The molecule has 1 aliphatic rings. The van der Waals surface area contributed by atoms with E-state index >= 15 is 0 Å². The normalized spacial score (nSPS) is 16.6. The molecule has 5 nitrogen and oxygen atoms in total. The number of benzene rings is 2. The largest absolute Gasteiger partial charge is 0.495 e. The second-order valence-electron chi connectivity index (χ2n) is 7.31. The highest BCUT2D eigenvalue weighted by atomic mass is 35.5. The van der Waals surface area contributed by atoms with Gasteiger partial charge in [0.25, 0.3) is 0 Å². The molecule has 28 heavy (non-hydrogen) atoms. The van der Waals surface area contributed by atoms with Gasteiger partial charge in [-0.15, -0.1) is 0 Å². The van der Waals surface area contributed by atoms with E-state index in [0.717, 1.165) is 49.0 Å². The highest BCUT2D eigenvalue weighted by Crippen LogP contribution is 2.25. The van der Waals surface area contributed by atoms with E-state index < -0.39 is 0 Å². The van der Waals surface area contributed by atoms with Crippen LogP contribution in [0.3, 0.4) is 0 Å². The van der Waals surface area contributed by atoms with Crippen molar-refractivity contribution in [3.05, 3.63) is 58.6 Å². The van der Waals surface area contributed by atoms with Crippen molar-refractivity contribution in [2.45, 2.75) is 26.4 Å². The van der Waals surface area contributed by atoms with Crippen LogP contribution in [0.5, 0.6) is 5.75 Å². The third kappa shape index (κ3) is 5.25. The number of aryl methyl sites for hydroxylation is 1. The van der Waals surface area contributed by atoms with Crippen molar-refractivity contribution in [3.8, 4) is 5.75 Å². The van der Waals surface area contributed by atoms with E-state index in [4.69, 9.17) is 16.3 Å². The maximum absolute atomic E-state index is 12.8. The SMILES string of the molecule is COc1ccc(C)cc1NC(=O)C(C)N1CCN(Cc2cccc(Cl)c2)CC1. The Morgan fingerprint density at radius 2 is 1.93 bits per heavy atom. The first-order chi connectivity index (χ1) is 13.5. The molecule has 1 heterocycles. The van der Waals surface area contributed by atoms with E-state index in [2.05, 4.69) is 21.2 Å². The molecule has 1 unspecified atom stereocenters. The molecule has 1 atom stereocenters. The molecule has 0 spiro atoms. The average molecular weight is 402 g/mol. The molecule has 1 fully saturated rings. The van der Waals surface area contributed by atoms with Crippen molar-refractivity contribution in [1.82, 2.24) is 9.80 Å². The lowest BCUT2D eigenvalue weighted by Crippen LogP contribution is -2.52. The van der Waals surface area contributed by atoms with Gasteiger partial charge in [0.2, 0.25) is 5.91 Å². The summed E-state index contributed by atoms with van der Waals surface area (Å²) in [5.74, 6) is 0.671. The van der Waals surface area contributed by atoms with Gasteiger partial charge in [0.1, 0.15) is 5.75 Å². The lowest BCUT2D eigenvalue weighted by atomic mass is 10.1. The summed E-state index contributed by atoms with van der Waals surface area (Å²) in [6, 6.07) is 13.6. The van der Waals surface area contributed by atoms with E-state index in [9.17, 15) is 4.79 Å². The number of nitrogens with one attached hydrogen (secondary N) is 1. The summed E-state index contributed by atoms with van der Waals surface area (Å²) in [6.45, 7) is 8.42. The molecule has 0 radical (unpaired) electrons. The first kappa shape index (κ1) is 20.6. The van der Waals surface area contributed by atoms with Gasteiger partial charge in [-0.3, -0.25) is 14.6 Å². The van der Waals surface area contributed by atoms with Crippen molar-refractivity contribution in [2.75, 3.05) is 38.6 Å². The van der Waals surface area contributed by atoms with Crippen molar-refractivity contribution in [1.29, 1.82) is 0 Å². The van der Waals surface area contributed by atoms with Crippen LogP contribution in [0, 0.1) is 6.92 Å². The molecule has 0 aliphatic carbocycles. The molecule has 6 heteroatoms. The first-order valence-corrected chi connectivity index (χ1v) is 10.0. The number of methoxy groups -OCH3 is 1. The monoisotopic (exact) mass is 401 g/mol. The van der Waals surface area contributed by atoms with Crippen LogP contribution in [0.1, 0.15) is 18.1 Å². The highest BCUT2D eigenvalue weighted by molar-refractivity contribution is 6.30. The third-order valence-corrected chi connectivity index (χ3v) is 5.48. The van der Waals surface area contributed by atoms with E-state index in [1.54, 1.807) is 7.11 Å². The number of halogens is 1. The Kier molecular flexibility index (Phi) is 6.94. The fourth-order valence-electron chi connectivity index (χ4n) is 3.52. The molecule has 0 bridgehead atoms. The number of nitrogens with zero attached hydrogens (tertiary/aromatic N) is 2. The van der Waals surface area contributed by atoms with E-state index in [1.165, 1.54) is 5.56 Å². The molecular formula is C22H28ClN3O2. The molecule has 1 N–H and O–H groups in total. The van der Waals surface area contributed by atoms with Gasteiger partial charge in [-0.25, -0.2) is 0 Å². The quantitative estimate of drug-likeness (QED) is 0.799. The van der Waals surface area contributed by atoms with Gasteiger partial charge in [-0.1, -0.05) is 29.8 Å². The number of hydrogen-bond acceptors (Lipinski definition) is 4. The van der Waals surface area contributed by atoms with Crippen molar-refractivity contribution in [2.24, 2.45) is 0 Å². The van der Waals surface area contributed by atoms with E-state index in [-0.39, 0.29) is 11.9 Å². The van der Waals surface area contributed by atoms with Gasteiger partial charge in [0, 0.05) is 37.7 Å². The van der Waals surface area contributed by atoms with Gasteiger partial charge in [0.05, 0.1) is 18.8 Å². The predicted octanol–water partition coefficient (Wildman–Crippen LogP) is 3.80. The molecule has 2 aromatic rings. The van der Waals surface area contributed by atoms with Gasteiger partial charge in [-0.2, -0.15) is 0 Å². The Morgan fingerprint density at radius 3 is 2.61 bits per heavy atom. The number of hydrogen-bond donors (Lipinski definition) is 1. The second kappa shape index (κ2) is 9.41. The topological polar surface area (TPSA) is 44.8 Å². The van der Waals surface area contributed by atoms with E-state index in [0.29, 0.717) is 5.75 Å². The van der Waals surface area contributed by atoms with Crippen LogP contribution in [0.4, 0.5) is 5.69 Å². The molecule has 3 rings (SSSR count). The summed E-state index contributed by atoms with van der Waals surface area (Å²) >= 11 is 6.08. The number of piperazine rings is 1. The average Bonchev–Trinajstić information content (AvgIpc) is 2.68. The van der Waals surface area contributed by atoms with Crippen LogP contribution in [0.2, 0.25) is 5.02 Å². The summed E-state index contributed by atoms with van der Waals surface area (Å²) in [7, 11) is 1.61. The Labute approximate surface area is 172 Å². The Hall–Kier alpha value is -2.08. The van der Waals surface area contributed by atoms with Crippen molar-refractivity contribution in [3.63, 3.8) is 0 Å². The molecular weight excluding hydrogens is 374 g/mol. The Morgan fingerprint density at radius 1 is 1.18 bits per heavy atom. The lowest BCUT2D eigenvalue weighted by molar-refractivity contribution is -0.121. The van der Waals surface area contributed by atoms with Crippen LogP contribution < -0.4 is 10.1 Å². The summed E-state index contributed by atoms with van der Waals surface area (Å²) in [6.07, 6.45) is 0. The Balaban J connectivity index is 1.54. The fraction of sp³-hybridized carbons (Fsp3) is 0.409. The molecule has 1 aliphatic heterocycles. The molecule has 0 aromatic heterocycles. The number of carbonyl (C=O) groups excluding carboxylic acids is 1. The Bertz CT molecular complexity index is 819. The van der Waals surface area contributed by atoms with Gasteiger partial charge >= 0.3 is 0 Å². The zero-order valence-electron chi connectivity index (χ0n) is 16.7. The van der Waals surface area contributed by atoms with Crippen LogP contribution >= 0.6 is 11.6 Å². The summed E-state index contributed by atoms with van der Waals surface area (Å²) in [5, 5.41) is 3.79. The number of anilines is 1. The minimum absolute atomic E-state index is 0.00723. The summed E-state index contributed by atoms with van der Waals surface area (Å²) in [5.41, 5.74) is 3.02. The smallest absolute Gasteiger partial charge is 0.241 e. The summed E-state index contributed by atoms with van der Waals surface area (Å²) < 4.78 is 5.36. The number of amides is 1. The lowest BCUT2D eigenvalue weighted by Gasteiger charge is -2.37. The number of carbonyl (C=O) groups is 1. The van der Waals surface area contributed by atoms with Crippen molar-refractivity contribution < 1.29 is 9.53 Å². The van der Waals surface area contributed by atoms with Crippen LogP contribution in [-0.2, 0) is 11.3 Å². The molecule has 2 aromatic carbocycles. The fourth-order valence-corrected chi connectivity index (χ4v) is 3.74. The third-order valence-electron chi connectivity index (χ3n) is 5.24. The van der Waals surface area contributed by atoms with Gasteiger partial charge < -0.3 is 10.1 Å². The minimum atomic E-state index is -0.196. The van der Waals surface area contributed by atoms with Crippen LogP contribution in [0.25, 0.3) is 0 Å². The zero-order valence-corrected chi connectivity index (χ0v) is 17.5. The first-order valence-electron chi connectivity index (χ1n) is 9.62. The maximum Gasteiger partial charge on any atom is 0.241 e. The number of rotatable bonds is 6. The van der Waals surface area contributed by atoms with Gasteiger partial charge in [-0.05, 0) is 49.2 Å².